The Hall–Kier alpha value is -0.200. The molecule has 5 nitrogen and oxygen atoms in total. The van der Waals surface area contributed by atoms with E-state index in [9.17, 15) is 5.11 Å². The summed E-state index contributed by atoms with van der Waals surface area (Å²) in [5, 5.41) is 29.6. The molecule has 0 amide bonds. The number of hydrogen-bond acceptors (Lipinski definition) is 5. The summed E-state index contributed by atoms with van der Waals surface area (Å²) in [6.45, 7) is 4.95. The number of aliphatic hydroxyl groups excluding tert-OH is 3. The summed E-state index contributed by atoms with van der Waals surface area (Å²) in [5.74, 6) is 0. The van der Waals surface area contributed by atoms with Gasteiger partial charge in [0.2, 0.25) is 0 Å². The molecule has 0 bridgehead atoms. The highest BCUT2D eigenvalue weighted by molar-refractivity contribution is 4.60. The van der Waals surface area contributed by atoms with Crippen molar-refractivity contribution >= 4 is 0 Å². The normalized spacial score (nSPS) is 16.2. The molecule has 5 heteroatoms. The van der Waals surface area contributed by atoms with Crippen LogP contribution >= 0.6 is 0 Å². The summed E-state index contributed by atoms with van der Waals surface area (Å²) in [6.07, 6.45) is -1.10. The van der Waals surface area contributed by atoms with Gasteiger partial charge in [0.25, 0.3) is 0 Å². The van der Waals surface area contributed by atoms with E-state index in [2.05, 4.69) is 5.32 Å². The van der Waals surface area contributed by atoms with Gasteiger partial charge < -0.3 is 15.3 Å². The summed E-state index contributed by atoms with van der Waals surface area (Å²) in [5.41, 5.74) is 0. The lowest BCUT2D eigenvalue weighted by Gasteiger charge is -2.24. The first-order valence-electron chi connectivity index (χ1n) is 4.52. The maximum atomic E-state index is 9.23. The van der Waals surface area contributed by atoms with E-state index in [1.165, 1.54) is 0 Å². The highest BCUT2D eigenvalue weighted by atomic mass is 16.3. The molecule has 0 saturated heterocycles. The van der Waals surface area contributed by atoms with Crippen LogP contribution in [0.3, 0.4) is 0 Å². The molecule has 0 rings (SSSR count). The fourth-order valence-electron chi connectivity index (χ4n) is 1.03. The summed E-state index contributed by atoms with van der Waals surface area (Å²) in [7, 11) is 0. The van der Waals surface area contributed by atoms with E-state index in [-0.39, 0.29) is 6.61 Å². The lowest BCUT2D eigenvalue weighted by atomic mass is 10.4. The first-order valence-corrected chi connectivity index (χ1v) is 4.52. The second-order valence-electron chi connectivity index (χ2n) is 3.02. The van der Waals surface area contributed by atoms with Crippen LogP contribution in [0.5, 0.6) is 0 Å². The largest absolute Gasteiger partial charge is 0.395 e. The maximum absolute atomic E-state index is 9.23. The van der Waals surface area contributed by atoms with E-state index in [4.69, 9.17) is 10.2 Å². The second-order valence-corrected chi connectivity index (χ2v) is 3.02. The second kappa shape index (κ2) is 7.23. The van der Waals surface area contributed by atoms with Crippen molar-refractivity contribution in [1.29, 1.82) is 0 Å². The minimum atomic E-state index is -0.567. The average molecular weight is 192 g/mol. The van der Waals surface area contributed by atoms with Gasteiger partial charge in [-0.2, -0.15) is 0 Å². The van der Waals surface area contributed by atoms with Crippen molar-refractivity contribution in [2.24, 2.45) is 0 Å². The SMILES string of the molecule is CC(O)NCCN(CCO)C(C)O. The molecule has 2 atom stereocenters. The number of hydrogen-bond donors (Lipinski definition) is 4. The van der Waals surface area contributed by atoms with Crippen LogP contribution in [-0.4, -0.2) is 58.9 Å². The van der Waals surface area contributed by atoms with Gasteiger partial charge in [0.15, 0.2) is 0 Å². The Kier molecular flexibility index (Phi) is 7.12. The van der Waals surface area contributed by atoms with Gasteiger partial charge in [-0.3, -0.25) is 10.2 Å². The third-order valence-electron chi connectivity index (χ3n) is 1.75. The van der Waals surface area contributed by atoms with Crippen molar-refractivity contribution in [3.63, 3.8) is 0 Å². The lowest BCUT2D eigenvalue weighted by Crippen LogP contribution is -2.41. The van der Waals surface area contributed by atoms with Crippen molar-refractivity contribution < 1.29 is 15.3 Å². The zero-order valence-electron chi connectivity index (χ0n) is 8.27. The fraction of sp³-hybridized carbons (Fsp3) is 1.00. The maximum Gasteiger partial charge on any atom is 0.104 e. The van der Waals surface area contributed by atoms with Gasteiger partial charge in [0.1, 0.15) is 12.5 Å². The van der Waals surface area contributed by atoms with Crippen LogP contribution in [0.2, 0.25) is 0 Å². The minimum Gasteiger partial charge on any atom is -0.395 e. The summed E-state index contributed by atoms with van der Waals surface area (Å²) in [4.78, 5) is 1.72. The smallest absolute Gasteiger partial charge is 0.104 e. The molecular weight excluding hydrogens is 172 g/mol. The van der Waals surface area contributed by atoms with Gasteiger partial charge in [0.05, 0.1) is 6.61 Å². The van der Waals surface area contributed by atoms with E-state index in [1.54, 1.807) is 18.7 Å². The molecule has 13 heavy (non-hydrogen) atoms. The van der Waals surface area contributed by atoms with Gasteiger partial charge in [-0.25, -0.2) is 0 Å². The summed E-state index contributed by atoms with van der Waals surface area (Å²) in [6, 6.07) is 0. The van der Waals surface area contributed by atoms with Crippen LogP contribution in [0.4, 0.5) is 0 Å². The van der Waals surface area contributed by atoms with Crippen LogP contribution in [0.25, 0.3) is 0 Å². The summed E-state index contributed by atoms with van der Waals surface area (Å²) < 4.78 is 0. The van der Waals surface area contributed by atoms with E-state index in [1.807, 2.05) is 0 Å². The molecule has 0 aliphatic heterocycles. The van der Waals surface area contributed by atoms with Crippen molar-refractivity contribution in [3.05, 3.63) is 0 Å². The minimum absolute atomic E-state index is 0.0274. The molecular formula is C8H20N2O3. The van der Waals surface area contributed by atoms with Crippen LogP contribution in [0.15, 0.2) is 0 Å². The van der Waals surface area contributed by atoms with Gasteiger partial charge in [-0.1, -0.05) is 0 Å². The van der Waals surface area contributed by atoms with Crippen LogP contribution in [0, 0.1) is 0 Å². The highest BCUT2D eigenvalue weighted by Gasteiger charge is 2.09. The molecule has 4 N–H and O–H groups in total. The predicted molar refractivity (Wildman–Crippen MR) is 50.0 cm³/mol. The molecule has 0 aromatic heterocycles. The Morgan fingerprint density at radius 3 is 2.23 bits per heavy atom. The van der Waals surface area contributed by atoms with Crippen LogP contribution < -0.4 is 5.32 Å². The molecule has 80 valence electrons. The third kappa shape index (κ3) is 6.92. The molecule has 0 heterocycles. The standard InChI is InChI=1S/C8H20N2O3/c1-7(12)9-3-4-10(5-6-11)8(2)13/h7-9,11-13H,3-6H2,1-2H3. The monoisotopic (exact) mass is 192 g/mol. The first-order chi connectivity index (χ1) is 6.07. The third-order valence-corrected chi connectivity index (χ3v) is 1.75. The zero-order valence-corrected chi connectivity index (χ0v) is 8.27. The highest BCUT2D eigenvalue weighted by Crippen LogP contribution is 1.93. The number of rotatable bonds is 7. The van der Waals surface area contributed by atoms with Gasteiger partial charge in [0, 0.05) is 19.6 Å². The predicted octanol–water partition coefficient (Wildman–Crippen LogP) is -1.45. The van der Waals surface area contributed by atoms with Crippen molar-refractivity contribution in [2.75, 3.05) is 26.2 Å². The molecule has 0 aliphatic rings. The van der Waals surface area contributed by atoms with Crippen LogP contribution in [0.1, 0.15) is 13.8 Å². The Morgan fingerprint density at radius 1 is 1.23 bits per heavy atom. The Balaban J connectivity index is 3.57. The van der Waals surface area contributed by atoms with E-state index in [0.717, 1.165) is 0 Å². The molecule has 2 unspecified atom stereocenters. The lowest BCUT2D eigenvalue weighted by molar-refractivity contribution is 0.00680. The molecule has 0 aromatic rings. The zero-order chi connectivity index (χ0) is 10.3. The molecule has 0 saturated carbocycles. The van der Waals surface area contributed by atoms with E-state index in [0.29, 0.717) is 19.6 Å². The quantitative estimate of drug-likeness (QED) is 0.371. The van der Waals surface area contributed by atoms with Crippen molar-refractivity contribution in [2.45, 2.75) is 26.3 Å². The summed E-state index contributed by atoms with van der Waals surface area (Å²) >= 11 is 0. The molecule has 0 spiro atoms. The van der Waals surface area contributed by atoms with E-state index >= 15 is 0 Å². The van der Waals surface area contributed by atoms with Gasteiger partial charge >= 0.3 is 0 Å². The molecule has 0 aromatic carbocycles. The molecule has 0 fully saturated rings. The average Bonchev–Trinajstić information content (AvgIpc) is 2.02. The number of nitrogens with one attached hydrogen (secondary N) is 1. The number of nitrogens with zero attached hydrogens (tertiary/aromatic N) is 1. The fourth-order valence-corrected chi connectivity index (χ4v) is 1.03. The van der Waals surface area contributed by atoms with Gasteiger partial charge in [-0.15, -0.1) is 0 Å². The molecule has 0 radical (unpaired) electrons. The number of aliphatic hydroxyl groups is 3. The Morgan fingerprint density at radius 2 is 1.85 bits per heavy atom. The van der Waals surface area contributed by atoms with Gasteiger partial charge in [-0.05, 0) is 13.8 Å². The Labute approximate surface area is 79.0 Å². The van der Waals surface area contributed by atoms with Crippen LogP contribution in [-0.2, 0) is 0 Å². The first kappa shape index (κ1) is 12.8. The Bertz CT molecular complexity index is 120. The molecule has 0 aliphatic carbocycles. The van der Waals surface area contributed by atoms with E-state index < -0.39 is 12.5 Å². The topological polar surface area (TPSA) is 76.0 Å². The van der Waals surface area contributed by atoms with Crippen molar-refractivity contribution in [3.8, 4) is 0 Å². The van der Waals surface area contributed by atoms with Crippen molar-refractivity contribution in [1.82, 2.24) is 10.2 Å².